The van der Waals surface area contributed by atoms with Gasteiger partial charge in [0.1, 0.15) is 11.3 Å². The van der Waals surface area contributed by atoms with Crippen molar-refractivity contribution < 1.29 is 14.7 Å². The summed E-state index contributed by atoms with van der Waals surface area (Å²) in [7, 11) is 0. The van der Waals surface area contributed by atoms with Crippen LogP contribution in [-0.2, 0) is 4.79 Å². The summed E-state index contributed by atoms with van der Waals surface area (Å²) < 4.78 is 0.757. The normalized spacial score (nSPS) is 22.6. The molecule has 0 aromatic heterocycles. The van der Waals surface area contributed by atoms with Gasteiger partial charge in [-0.2, -0.15) is 5.10 Å². The van der Waals surface area contributed by atoms with Gasteiger partial charge in [0.25, 0.3) is 5.91 Å². The van der Waals surface area contributed by atoms with E-state index in [4.69, 9.17) is 0 Å². The van der Waals surface area contributed by atoms with Crippen molar-refractivity contribution in [1.29, 1.82) is 0 Å². The molecule has 1 saturated heterocycles. The monoisotopic (exact) mass is 339 g/mol. The summed E-state index contributed by atoms with van der Waals surface area (Å²) in [5.41, 5.74) is -0.515. The Balaban J connectivity index is 2.26. The maximum atomic E-state index is 12.1. The molecule has 0 radical (unpaired) electrons. The number of phenols is 1. The van der Waals surface area contributed by atoms with Gasteiger partial charge in [0.05, 0.1) is 6.21 Å². The van der Waals surface area contributed by atoms with Crippen LogP contribution in [0.4, 0.5) is 4.79 Å². The average Bonchev–Trinajstić information content (AvgIpc) is 2.63. The number of nitrogens with one attached hydrogen (secondary N) is 1. The van der Waals surface area contributed by atoms with Crippen LogP contribution >= 0.6 is 15.9 Å². The van der Waals surface area contributed by atoms with Crippen molar-refractivity contribution in [1.82, 2.24) is 10.3 Å². The number of halogens is 1. The van der Waals surface area contributed by atoms with Crippen molar-refractivity contribution in [3.63, 3.8) is 0 Å². The zero-order chi connectivity index (χ0) is 14.9. The minimum absolute atomic E-state index is 0.0160. The summed E-state index contributed by atoms with van der Waals surface area (Å²) in [5, 5.41) is 16.9. The highest BCUT2D eigenvalue weighted by Gasteiger charge is 2.46. The van der Waals surface area contributed by atoms with E-state index in [2.05, 4.69) is 26.3 Å². The van der Waals surface area contributed by atoms with Crippen LogP contribution in [0, 0.1) is 0 Å². The lowest BCUT2D eigenvalue weighted by Gasteiger charge is -2.17. The van der Waals surface area contributed by atoms with Crippen LogP contribution < -0.4 is 5.32 Å². The molecule has 0 saturated carbocycles. The second kappa shape index (κ2) is 5.24. The van der Waals surface area contributed by atoms with E-state index in [9.17, 15) is 14.7 Å². The van der Waals surface area contributed by atoms with Crippen molar-refractivity contribution in [3.8, 4) is 5.75 Å². The van der Waals surface area contributed by atoms with Crippen LogP contribution in [-0.4, -0.2) is 33.8 Å². The highest BCUT2D eigenvalue weighted by molar-refractivity contribution is 9.10. The predicted octanol–water partition coefficient (Wildman–Crippen LogP) is 2.21. The number of hydrogen-bond donors (Lipinski definition) is 2. The molecule has 106 valence electrons. The molecule has 1 aliphatic heterocycles. The first-order valence-corrected chi connectivity index (χ1v) is 6.86. The molecular formula is C13H14BrN3O3. The van der Waals surface area contributed by atoms with E-state index in [1.165, 1.54) is 12.3 Å². The number of carbonyl (C=O) groups excluding carboxylic acids is 2. The van der Waals surface area contributed by atoms with Crippen LogP contribution in [0.5, 0.6) is 5.75 Å². The summed E-state index contributed by atoms with van der Waals surface area (Å²) >= 11 is 3.27. The fourth-order valence-electron chi connectivity index (χ4n) is 1.76. The third-order valence-corrected chi connectivity index (χ3v) is 3.74. The van der Waals surface area contributed by atoms with Crippen LogP contribution in [0.2, 0.25) is 0 Å². The first kappa shape index (κ1) is 14.5. The van der Waals surface area contributed by atoms with Crippen molar-refractivity contribution >= 4 is 34.1 Å². The molecule has 0 unspecified atom stereocenters. The topological polar surface area (TPSA) is 82.0 Å². The Kier molecular flexibility index (Phi) is 3.80. The fourth-order valence-corrected chi connectivity index (χ4v) is 2.14. The maximum absolute atomic E-state index is 12.1. The first-order chi connectivity index (χ1) is 9.37. The number of imide groups is 1. The zero-order valence-corrected chi connectivity index (χ0v) is 12.6. The van der Waals surface area contributed by atoms with Crippen LogP contribution in [0.25, 0.3) is 0 Å². The van der Waals surface area contributed by atoms with Crippen LogP contribution in [0.3, 0.4) is 0 Å². The molecule has 2 rings (SSSR count). The number of amides is 3. The molecule has 2 N–H and O–H groups in total. The standard InChI is InChI=1S/C13H14BrN3O3/c1-3-13(2)11(19)17(12(20)16-13)15-7-8-6-9(14)4-5-10(8)18/h4-7,18H,3H2,1-2H3,(H,16,20)/b15-7-/t13-/m0/s1. The third-order valence-electron chi connectivity index (χ3n) is 3.25. The third kappa shape index (κ3) is 2.53. The number of hydrazone groups is 1. The van der Waals surface area contributed by atoms with Gasteiger partial charge >= 0.3 is 6.03 Å². The van der Waals surface area contributed by atoms with E-state index in [0.717, 1.165) is 9.48 Å². The van der Waals surface area contributed by atoms with Crippen LogP contribution in [0.15, 0.2) is 27.8 Å². The van der Waals surface area contributed by atoms with Gasteiger partial charge in [-0.1, -0.05) is 22.9 Å². The van der Waals surface area contributed by atoms with Crippen molar-refractivity contribution in [2.75, 3.05) is 0 Å². The van der Waals surface area contributed by atoms with Gasteiger partial charge in [0.2, 0.25) is 0 Å². The van der Waals surface area contributed by atoms with E-state index in [-0.39, 0.29) is 5.75 Å². The summed E-state index contributed by atoms with van der Waals surface area (Å²) in [4.78, 5) is 23.8. The second-order valence-electron chi connectivity index (χ2n) is 4.68. The van der Waals surface area contributed by atoms with E-state index < -0.39 is 17.5 Å². The smallest absolute Gasteiger partial charge is 0.346 e. The lowest BCUT2D eigenvalue weighted by Crippen LogP contribution is -2.42. The van der Waals surface area contributed by atoms with Gasteiger partial charge < -0.3 is 10.4 Å². The number of urea groups is 1. The molecule has 0 aliphatic carbocycles. The van der Waals surface area contributed by atoms with Gasteiger partial charge in [0, 0.05) is 10.0 Å². The molecule has 1 aromatic rings. The zero-order valence-electron chi connectivity index (χ0n) is 11.1. The Bertz CT molecular complexity index is 603. The number of rotatable bonds is 3. The molecule has 1 fully saturated rings. The lowest BCUT2D eigenvalue weighted by molar-refractivity contribution is -0.130. The summed E-state index contributed by atoms with van der Waals surface area (Å²) in [5.74, 6) is -0.391. The van der Waals surface area contributed by atoms with Crippen molar-refractivity contribution in [2.24, 2.45) is 5.10 Å². The molecule has 3 amide bonds. The number of nitrogens with zero attached hydrogens (tertiary/aromatic N) is 2. The largest absolute Gasteiger partial charge is 0.507 e. The molecular weight excluding hydrogens is 326 g/mol. The summed E-state index contributed by atoms with van der Waals surface area (Å²) in [6.45, 7) is 3.46. The van der Waals surface area contributed by atoms with E-state index in [1.807, 2.05) is 6.92 Å². The SMILES string of the molecule is CC[C@]1(C)NC(=O)N(/N=C\c2cc(Br)ccc2O)C1=O. The van der Waals surface area contributed by atoms with E-state index in [1.54, 1.807) is 19.1 Å². The van der Waals surface area contributed by atoms with Gasteiger partial charge in [0.15, 0.2) is 0 Å². The molecule has 20 heavy (non-hydrogen) atoms. The highest BCUT2D eigenvalue weighted by atomic mass is 79.9. The Labute approximate surface area is 124 Å². The molecule has 1 aromatic carbocycles. The lowest BCUT2D eigenvalue weighted by atomic mass is 10.00. The number of benzene rings is 1. The number of hydrogen-bond acceptors (Lipinski definition) is 4. The molecule has 6 nitrogen and oxygen atoms in total. The van der Waals surface area contributed by atoms with E-state index in [0.29, 0.717) is 12.0 Å². The molecule has 7 heteroatoms. The van der Waals surface area contributed by atoms with Gasteiger partial charge in [-0.05, 0) is 31.5 Å². The van der Waals surface area contributed by atoms with E-state index >= 15 is 0 Å². The van der Waals surface area contributed by atoms with Gasteiger partial charge in [-0.25, -0.2) is 4.79 Å². The quantitative estimate of drug-likeness (QED) is 0.654. The molecule has 1 atom stereocenters. The maximum Gasteiger partial charge on any atom is 0.346 e. The number of phenolic OH excluding ortho intramolecular Hbond substituents is 1. The summed E-state index contributed by atoms with van der Waals surface area (Å²) in [6, 6.07) is 4.24. The molecule has 1 aliphatic rings. The number of carbonyl (C=O) groups is 2. The highest BCUT2D eigenvalue weighted by Crippen LogP contribution is 2.23. The predicted molar refractivity (Wildman–Crippen MR) is 77.5 cm³/mol. The van der Waals surface area contributed by atoms with Gasteiger partial charge in [-0.3, -0.25) is 4.79 Å². The van der Waals surface area contributed by atoms with Crippen LogP contribution in [0.1, 0.15) is 25.8 Å². The number of aromatic hydroxyl groups is 1. The Morgan fingerprint density at radius 2 is 2.20 bits per heavy atom. The molecule has 0 spiro atoms. The molecule has 1 heterocycles. The first-order valence-electron chi connectivity index (χ1n) is 6.06. The minimum atomic E-state index is -0.923. The minimum Gasteiger partial charge on any atom is -0.507 e. The average molecular weight is 340 g/mol. The Hall–Kier alpha value is -1.89. The summed E-state index contributed by atoms with van der Waals surface area (Å²) in [6.07, 6.45) is 1.75. The Morgan fingerprint density at radius 1 is 1.50 bits per heavy atom. The van der Waals surface area contributed by atoms with Crippen molar-refractivity contribution in [3.05, 3.63) is 28.2 Å². The fraction of sp³-hybridized carbons (Fsp3) is 0.308. The van der Waals surface area contributed by atoms with Crippen molar-refractivity contribution in [2.45, 2.75) is 25.8 Å². The second-order valence-corrected chi connectivity index (χ2v) is 5.60. The Morgan fingerprint density at radius 3 is 2.80 bits per heavy atom. The van der Waals surface area contributed by atoms with Gasteiger partial charge in [-0.15, -0.1) is 5.01 Å². The molecule has 0 bridgehead atoms.